The summed E-state index contributed by atoms with van der Waals surface area (Å²) in [5.41, 5.74) is 1.83. The number of ketones is 1. The van der Waals surface area contributed by atoms with Crippen molar-refractivity contribution in [2.75, 3.05) is 6.61 Å². The van der Waals surface area contributed by atoms with Gasteiger partial charge in [-0.15, -0.1) is 0 Å². The monoisotopic (exact) mass is 348 g/mol. The maximum absolute atomic E-state index is 11.5. The second-order valence-corrected chi connectivity index (χ2v) is 5.18. The molecule has 0 N–H and O–H groups in total. The van der Waals surface area contributed by atoms with Crippen LogP contribution in [0.4, 0.5) is 4.39 Å². The van der Waals surface area contributed by atoms with Gasteiger partial charge in [0.2, 0.25) is 0 Å². The maximum Gasteiger partial charge on any atom is 0.312 e. The first-order valence-corrected chi connectivity index (χ1v) is 8.01. The van der Waals surface area contributed by atoms with Crippen molar-refractivity contribution in [2.45, 2.75) is 39.9 Å². The topological polar surface area (TPSA) is 73.0 Å². The number of nitrogens with zero attached hydrogens (tertiary/aromatic N) is 3. The Kier molecular flexibility index (Phi) is 8.92. The van der Waals surface area contributed by atoms with Gasteiger partial charge < -0.3 is 4.74 Å². The highest BCUT2D eigenvalue weighted by Gasteiger charge is 2.09. The van der Waals surface area contributed by atoms with Crippen molar-refractivity contribution in [3.05, 3.63) is 42.9 Å². The van der Waals surface area contributed by atoms with Gasteiger partial charge in [0.05, 0.1) is 12.3 Å². The van der Waals surface area contributed by atoms with Crippen LogP contribution in [-0.4, -0.2) is 34.6 Å². The van der Waals surface area contributed by atoms with Crippen molar-refractivity contribution in [3.8, 4) is 11.3 Å². The normalized spacial score (nSPS) is 11.0. The van der Waals surface area contributed by atoms with Crippen LogP contribution in [0.15, 0.2) is 42.9 Å². The highest BCUT2D eigenvalue weighted by molar-refractivity contribution is 5.79. The van der Waals surface area contributed by atoms with Gasteiger partial charge in [-0.1, -0.05) is 10.7 Å². The molecule has 0 aliphatic heterocycles. The molecule has 0 aliphatic carbocycles. The number of pyridine rings is 1. The van der Waals surface area contributed by atoms with E-state index in [1.165, 1.54) is 13.8 Å². The highest BCUT2D eigenvalue weighted by Crippen LogP contribution is 2.12. The fourth-order valence-corrected chi connectivity index (χ4v) is 1.64. The molecule has 0 fully saturated rings. The van der Waals surface area contributed by atoms with Crippen molar-refractivity contribution < 1.29 is 23.4 Å². The molecule has 25 heavy (non-hydrogen) atoms. The standard InChI is InChI=1S/C14H16N3O2.C4H7FO/c1-2-19-14(18)7-10-17-9-6-12(11-16-17)13-5-3-4-8-15-13;1-3(5)4(2)6/h3-6,8-9,11H,2,7,10H2,1H3;3H,1-2H3/q+1;. The number of esters is 1. The van der Waals surface area contributed by atoms with Crippen LogP contribution in [0.5, 0.6) is 0 Å². The smallest absolute Gasteiger partial charge is 0.312 e. The van der Waals surface area contributed by atoms with Gasteiger partial charge in [-0.25, -0.2) is 4.39 Å². The van der Waals surface area contributed by atoms with Gasteiger partial charge in [-0.05, 0) is 38.0 Å². The Balaban J connectivity index is 0.000000450. The van der Waals surface area contributed by atoms with E-state index >= 15 is 0 Å². The van der Waals surface area contributed by atoms with Gasteiger partial charge in [0.1, 0.15) is 12.6 Å². The summed E-state index contributed by atoms with van der Waals surface area (Å²) in [7, 11) is 0. The molecular weight excluding hydrogens is 325 g/mol. The molecule has 6 nitrogen and oxygen atoms in total. The molecule has 0 saturated heterocycles. The summed E-state index contributed by atoms with van der Waals surface area (Å²) in [5.74, 6) is -0.611. The van der Waals surface area contributed by atoms with Crippen molar-refractivity contribution in [1.82, 2.24) is 10.1 Å². The molecule has 134 valence electrons. The zero-order valence-electron chi connectivity index (χ0n) is 14.7. The summed E-state index contributed by atoms with van der Waals surface area (Å²) in [6.45, 7) is 5.18. The fraction of sp³-hybridized carbons (Fsp3) is 0.389. The van der Waals surface area contributed by atoms with E-state index in [9.17, 15) is 14.0 Å². The van der Waals surface area contributed by atoms with Crippen LogP contribution in [0, 0.1) is 0 Å². The van der Waals surface area contributed by atoms with E-state index < -0.39 is 12.0 Å². The first kappa shape index (κ1) is 20.3. The minimum Gasteiger partial charge on any atom is -0.466 e. The zero-order chi connectivity index (χ0) is 18.7. The first-order valence-electron chi connectivity index (χ1n) is 8.01. The average molecular weight is 348 g/mol. The van der Waals surface area contributed by atoms with E-state index in [2.05, 4.69) is 10.1 Å². The number of carbonyl (C=O) groups is 2. The van der Waals surface area contributed by atoms with Crippen LogP contribution in [-0.2, 0) is 20.9 Å². The minimum atomic E-state index is -1.29. The Labute approximate surface area is 146 Å². The van der Waals surface area contributed by atoms with Gasteiger partial charge in [0.25, 0.3) is 0 Å². The summed E-state index contributed by atoms with van der Waals surface area (Å²) in [5, 5.41) is 4.26. The Hall–Kier alpha value is -2.70. The Morgan fingerprint density at radius 3 is 2.52 bits per heavy atom. The Bertz CT molecular complexity index is 661. The number of hydrogen-bond donors (Lipinski definition) is 0. The number of aryl methyl sites for hydroxylation is 1. The van der Waals surface area contributed by atoms with E-state index in [1.54, 1.807) is 24.0 Å². The van der Waals surface area contributed by atoms with Crippen LogP contribution < -0.4 is 4.68 Å². The number of halogens is 1. The third kappa shape index (κ3) is 8.10. The lowest BCUT2D eigenvalue weighted by molar-refractivity contribution is -0.752. The number of alkyl halides is 1. The van der Waals surface area contributed by atoms with Gasteiger partial charge >= 0.3 is 5.97 Å². The number of ether oxygens (including phenoxy) is 1. The molecule has 0 bridgehead atoms. The van der Waals surface area contributed by atoms with Crippen LogP contribution in [0.25, 0.3) is 11.3 Å². The predicted molar refractivity (Wildman–Crippen MR) is 90.2 cm³/mol. The lowest BCUT2D eigenvalue weighted by atomic mass is 10.2. The number of hydrogen-bond acceptors (Lipinski definition) is 5. The number of carbonyl (C=O) groups excluding carboxylic acids is 2. The lowest BCUT2D eigenvalue weighted by Crippen LogP contribution is -2.38. The third-order valence-electron chi connectivity index (χ3n) is 3.14. The summed E-state index contributed by atoms with van der Waals surface area (Å²) in [4.78, 5) is 25.3. The van der Waals surface area contributed by atoms with E-state index in [4.69, 9.17) is 4.74 Å². The summed E-state index contributed by atoms with van der Waals surface area (Å²) >= 11 is 0. The van der Waals surface area contributed by atoms with Crippen molar-refractivity contribution in [3.63, 3.8) is 0 Å². The van der Waals surface area contributed by atoms with Crippen LogP contribution in [0.1, 0.15) is 27.2 Å². The van der Waals surface area contributed by atoms with Crippen molar-refractivity contribution in [2.24, 2.45) is 0 Å². The number of aromatic nitrogens is 3. The average Bonchev–Trinajstić information content (AvgIpc) is 2.62. The molecule has 0 spiro atoms. The van der Waals surface area contributed by atoms with E-state index in [0.29, 0.717) is 19.6 Å². The molecule has 0 amide bonds. The maximum atomic E-state index is 11.5. The van der Waals surface area contributed by atoms with E-state index in [-0.39, 0.29) is 5.97 Å². The van der Waals surface area contributed by atoms with Crippen LogP contribution in [0.3, 0.4) is 0 Å². The second-order valence-electron chi connectivity index (χ2n) is 5.18. The first-order chi connectivity index (χ1) is 11.9. The molecule has 1 unspecified atom stereocenters. The van der Waals surface area contributed by atoms with E-state index in [1.807, 2.05) is 30.5 Å². The van der Waals surface area contributed by atoms with Crippen LogP contribution >= 0.6 is 0 Å². The summed E-state index contributed by atoms with van der Waals surface area (Å²) in [6, 6.07) is 7.67. The quantitative estimate of drug-likeness (QED) is 0.592. The van der Waals surface area contributed by atoms with Crippen molar-refractivity contribution >= 4 is 11.8 Å². The molecule has 0 radical (unpaired) electrons. The van der Waals surface area contributed by atoms with Crippen LogP contribution in [0.2, 0.25) is 0 Å². The molecule has 2 aromatic heterocycles. The zero-order valence-corrected chi connectivity index (χ0v) is 14.7. The molecule has 0 saturated carbocycles. The largest absolute Gasteiger partial charge is 0.466 e. The molecule has 0 aromatic carbocycles. The summed E-state index contributed by atoms with van der Waals surface area (Å²) in [6.07, 6.45) is 4.37. The molecule has 2 aromatic rings. The predicted octanol–water partition coefficient (Wildman–Crippen LogP) is 2.32. The SMILES string of the molecule is CC(=O)C(C)F.CCOC(=O)CC[n+]1ccc(-c2ccccn2)cn1. The van der Waals surface area contributed by atoms with Gasteiger partial charge in [0, 0.05) is 17.8 Å². The molecule has 0 aliphatic rings. The van der Waals surface area contributed by atoms with E-state index in [0.717, 1.165) is 11.3 Å². The second kappa shape index (κ2) is 11.0. The van der Waals surface area contributed by atoms with Gasteiger partial charge in [-0.3, -0.25) is 14.6 Å². The molecule has 7 heteroatoms. The molecular formula is C18H23FN3O3+. The van der Waals surface area contributed by atoms with Crippen molar-refractivity contribution in [1.29, 1.82) is 0 Å². The summed E-state index contributed by atoms with van der Waals surface area (Å²) < 4.78 is 18.1. The number of Topliss-reactive ketones (excluding diaryl/α,β-unsaturated/α-hetero) is 1. The Morgan fingerprint density at radius 2 is 2.04 bits per heavy atom. The molecule has 2 heterocycles. The molecule has 1 atom stereocenters. The van der Waals surface area contributed by atoms with Gasteiger partial charge in [-0.2, -0.15) is 0 Å². The molecule has 2 rings (SSSR count). The lowest BCUT2D eigenvalue weighted by Gasteiger charge is -1.99. The Morgan fingerprint density at radius 1 is 1.32 bits per heavy atom. The fourth-order valence-electron chi connectivity index (χ4n) is 1.64. The number of rotatable bonds is 6. The third-order valence-corrected chi connectivity index (χ3v) is 3.14. The highest BCUT2D eigenvalue weighted by atomic mass is 19.1. The van der Waals surface area contributed by atoms with Gasteiger partial charge in [0.15, 0.2) is 24.7 Å². The minimum absolute atomic E-state index is 0.203.